The maximum Gasteiger partial charge on any atom is 0.264 e. The summed E-state index contributed by atoms with van der Waals surface area (Å²) in [5, 5.41) is 11.6. The minimum Gasteiger partial charge on any atom is -0.337 e. The lowest BCUT2D eigenvalue weighted by Crippen LogP contribution is -2.45. The van der Waals surface area contributed by atoms with Crippen LogP contribution in [0.2, 0.25) is 0 Å². The highest BCUT2D eigenvalue weighted by Gasteiger charge is 2.52. The fraction of sp³-hybridized carbons (Fsp3) is 0.156. The minimum absolute atomic E-state index is 0.0456. The SMILES string of the molecule is CN(Cc1cccc(S(C)(=O)=O)c1)C(=O)c1cccc(CN2C(=N)NC(c3ccc(F)cc3)(c3ccc(F)cc3)C2=O)c1. The largest absolute Gasteiger partial charge is 0.337 e. The molecule has 0 atom stereocenters. The summed E-state index contributed by atoms with van der Waals surface area (Å²) in [7, 11) is -1.80. The van der Waals surface area contributed by atoms with Crippen molar-refractivity contribution in [1.29, 1.82) is 5.41 Å². The van der Waals surface area contributed by atoms with Crippen LogP contribution >= 0.6 is 0 Å². The zero-order chi connectivity index (χ0) is 30.9. The van der Waals surface area contributed by atoms with Crippen LogP contribution in [0.4, 0.5) is 8.78 Å². The summed E-state index contributed by atoms with van der Waals surface area (Å²) < 4.78 is 51.4. The van der Waals surface area contributed by atoms with Gasteiger partial charge in [-0.1, -0.05) is 48.5 Å². The van der Waals surface area contributed by atoms with Crippen LogP contribution in [0.5, 0.6) is 0 Å². The van der Waals surface area contributed by atoms with Gasteiger partial charge in [0.25, 0.3) is 11.8 Å². The molecule has 11 heteroatoms. The van der Waals surface area contributed by atoms with Crippen molar-refractivity contribution in [2.24, 2.45) is 0 Å². The Hall–Kier alpha value is -4.90. The number of amides is 2. The van der Waals surface area contributed by atoms with E-state index in [2.05, 4.69) is 5.32 Å². The molecule has 5 rings (SSSR count). The van der Waals surface area contributed by atoms with Crippen molar-refractivity contribution >= 4 is 27.6 Å². The summed E-state index contributed by atoms with van der Waals surface area (Å²) in [6.45, 7) is 0.125. The summed E-state index contributed by atoms with van der Waals surface area (Å²) in [5.41, 5.74) is 0.731. The number of hydrogen-bond donors (Lipinski definition) is 2. The van der Waals surface area contributed by atoms with Gasteiger partial charge in [-0.2, -0.15) is 0 Å². The van der Waals surface area contributed by atoms with Gasteiger partial charge in [-0.3, -0.25) is 19.9 Å². The van der Waals surface area contributed by atoms with Gasteiger partial charge in [-0.05, 0) is 70.8 Å². The molecule has 43 heavy (non-hydrogen) atoms. The van der Waals surface area contributed by atoms with E-state index in [1.165, 1.54) is 70.5 Å². The molecule has 220 valence electrons. The normalized spacial score (nSPS) is 14.5. The van der Waals surface area contributed by atoms with E-state index < -0.39 is 32.9 Å². The van der Waals surface area contributed by atoms with E-state index in [1.807, 2.05) is 0 Å². The summed E-state index contributed by atoms with van der Waals surface area (Å²) >= 11 is 0. The standard InChI is InChI=1S/C32H28F2N4O4S/c1-37(19-22-6-4-8-28(18-22)43(2,41)42)29(39)23-7-3-5-21(17-23)20-38-30(40)32(36-31(38)35,24-9-13-26(33)14-10-24)25-11-15-27(34)16-12-25/h3-18H,19-20H2,1-2H3,(H2,35,36). The predicted molar refractivity (Wildman–Crippen MR) is 157 cm³/mol. The molecule has 0 radical (unpaired) electrons. The Labute approximate surface area is 248 Å². The van der Waals surface area contributed by atoms with Gasteiger partial charge in [-0.15, -0.1) is 0 Å². The van der Waals surface area contributed by atoms with E-state index in [1.54, 1.807) is 43.4 Å². The lowest BCUT2D eigenvalue weighted by atomic mass is 9.82. The number of sulfone groups is 1. The van der Waals surface area contributed by atoms with Crippen molar-refractivity contribution in [3.8, 4) is 0 Å². The van der Waals surface area contributed by atoms with Gasteiger partial charge in [0.1, 0.15) is 11.6 Å². The molecular weight excluding hydrogens is 574 g/mol. The molecule has 0 spiro atoms. The summed E-state index contributed by atoms with van der Waals surface area (Å²) in [5.74, 6) is -2.04. The zero-order valence-corrected chi connectivity index (χ0v) is 24.2. The molecule has 1 aliphatic rings. The van der Waals surface area contributed by atoms with Crippen LogP contribution < -0.4 is 5.32 Å². The first-order chi connectivity index (χ1) is 20.4. The highest BCUT2D eigenvalue weighted by atomic mass is 32.2. The number of nitrogens with one attached hydrogen (secondary N) is 2. The summed E-state index contributed by atoms with van der Waals surface area (Å²) in [6, 6.07) is 23.7. The average Bonchev–Trinajstić information content (AvgIpc) is 3.23. The highest BCUT2D eigenvalue weighted by Crippen LogP contribution is 2.37. The fourth-order valence-corrected chi connectivity index (χ4v) is 5.83. The molecule has 0 bridgehead atoms. The topological polar surface area (TPSA) is 111 Å². The van der Waals surface area contributed by atoms with Gasteiger partial charge < -0.3 is 10.2 Å². The maximum atomic E-state index is 14.1. The van der Waals surface area contributed by atoms with Gasteiger partial charge >= 0.3 is 0 Å². The Bertz CT molecular complexity index is 1780. The summed E-state index contributed by atoms with van der Waals surface area (Å²) in [4.78, 5) is 30.2. The number of carbonyl (C=O) groups is 2. The number of hydrogen-bond acceptors (Lipinski definition) is 5. The molecule has 0 unspecified atom stereocenters. The van der Waals surface area contributed by atoms with Crippen molar-refractivity contribution in [3.05, 3.63) is 137 Å². The zero-order valence-electron chi connectivity index (χ0n) is 23.3. The van der Waals surface area contributed by atoms with Gasteiger partial charge in [0, 0.05) is 25.4 Å². The molecule has 0 aromatic heterocycles. The van der Waals surface area contributed by atoms with Gasteiger partial charge in [0.05, 0.1) is 11.4 Å². The van der Waals surface area contributed by atoms with Crippen molar-refractivity contribution in [1.82, 2.24) is 15.1 Å². The van der Waals surface area contributed by atoms with E-state index in [-0.39, 0.29) is 29.9 Å². The van der Waals surface area contributed by atoms with Crippen LogP contribution in [-0.2, 0) is 33.3 Å². The molecule has 0 aliphatic carbocycles. The van der Waals surface area contributed by atoms with E-state index in [9.17, 15) is 26.8 Å². The van der Waals surface area contributed by atoms with Crippen LogP contribution in [-0.4, -0.2) is 49.3 Å². The van der Waals surface area contributed by atoms with Gasteiger partial charge in [0.2, 0.25) is 0 Å². The lowest BCUT2D eigenvalue weighted by Gasteiger charge is -2.28. The Morgan fingerprint density at radius 2 is 1.44 bits per heavy atom. The van der Waals surface area contributed by atoms with Crippen molar-refractivity contribution in [2.45, 2.75) is 23.5 Å². The first-order valence-electron chi connectivity index (χ1n) is 13.2. The second kappa shape index (κ2) is 11.4. The lowest BCUT2D eigenvalue weighted by molar-refractivity contribution is -0.130. The van der Waals surface area contributed by atoms with Crippen LogP contribution in [0.1, 0.15) is 32.6 Å². The van der Waals surface area contributed by atoms with Crippen molar-refractivity contribution in [2.75, 3.05) is 13.3 Å². The Morgan fingerprint density at radius 3 is 2.02 bits per heavy atom. The van der Waals surface area contributed by atoms with E-state index in [4.69, 9.17) is 5.41 Å². The Kier molecular flexibility index (Phi) is 7.85. The number of rotatable bonds is 8. The second-order valence-electron chi connectivity index (χ2n) is 10.4. The molecule has 2 N–H and O–H groups in total. The molecule has 4 aromatic rings. The number of guanidine groups is 1. The molecule has 2 amide bonds. The van der Waals surface area contributed by atoms with E-state index >= 15 is 0 Å². The second-order valence-corrected chi connectivity index (χ2v) is 12.4. The molecule has 0 saturated carbocycles. The third-order valence-corrected chi connectivity index (χ3v) is 8.41. The van der Waals surface area contributed by atoms with E-state index in [0.717, 1.165) is 6.26 Å². The van der Waals surface area contributed by atoms with Crippen LogP contribution in [0, 0.1) is 17.0 Å². The van der Waals surface area contributed by atoms with Crippen molar-refractivity contribution < 1.29 is 26.8 Å². The monoisotopic (exact) mass is 602 g/mol. The summed E-state index contributed by atoms with van der Waals surface area (Å²) in [6.07, 6.45) is 1.12. The van der Waals surface area contributed by atoms with Crippen LogP contribution in [0.25, 0.3) is 0 Å². The minimum atomic E-state index is -3.40. The fourth-order valence-electron chi connectivity index (χ4n) is 5.14. The first-order valence-corrected chi connectivity index (χ1v) is 15.1. The smallest absolute Gasteiger partial charge is 0.264 e. The van der Waals surface area contributed by atoms with Gasteiger partial charge in [-0.25, -0.2) is 17.2 Å². The van der Waals surface area contributed by atoms with Crippen LogP contribution in [0.15, 0.2) is 102 Å². The number of halogens is 2. The highest BCUT2D eigenvalue weighted by molar-refractivity contribution is 7.90. The molecule has 1 heterocycles. The third kappa shape index (κ3) is 5.89. The predicted octanol–water partition coefficient (Wildman–Crippen LogP) is 4.45. The molecular formula is C32H28F2N4O4S. The molecule has 8 nitrogen and oxygen atoms in total. The molecule has 1 saturated heterocycles. The quantitative estimate of drug-likeness (QED) is 0.310. The maximum absolute atomic E-state index is 14.1. The van der Waals surface area contributed by atoms with E-state index in [0.29, 0.717) is 27.8 Å². The molecule has 1 aliphatic heterocycles. The number of benzene rings is 4. The Balaban J connectivity index is 1.40. The molecule has 4 aromatic carbocycles. The van der Waals surface area contributed by atoms with Crippen molar-refractivity contribution in [3.63, 3.8) is 0 Å². The third-order valence-electron chi connectivity index (χ3n) is 7.30. The number of nitrogens with zero attached hydrogens (tertiary/aromatic N) is 2. The number of carbonyl (C=O) groups excluding carboxylic acids is 2. The molecule has 1 fully saturated rings. The van der Waals surface area contributed by atoms with Crippen LogP contribution in [0.3, 0.4) is 0 Å². The first kappa shape index (κ1) is 29.6. The van der Waals surface area contributed by atoms with Gasteiger partial charge in [0.15, 0.2) is 21.3 Å². The Morgan fingerprint density at radius 1 is 0.884 bits per heavy atom. The average molecular weight is 603 g/mol.